The van der Waals surface area contributed by atoms with Crippen LogP contribution in [-0.4, -0.2) is 60.1 Å². The average molecular weight is 516 g/mol. The van der Waals surface area contributed by atoms with Crippen LogP contribution in [0.2, 0.25) is 0 Å². The summed E-state index contributed by atoms with van der Waals surface area (Å²) in [6, 6.07) is 10.9. The predicted molar refractivity (Wildman–Crippen MR) is 152 cm³/mol. The molecule has 5 rings (SSSR count). The number of allylic oxidation sites excluding steroid dienone is 1. The molecule has 2 saturated heterocycles. The van der Waals surface area contributed by atoms with Crippen LogP contribution in [0.4, 0.5) is 4.79 Å². The third-order valence-corrected chi connectivity index (χ3v) is 8.39. The average Bonchev–Trinajstić information content (AvgIpc) is 2.97. The van der Waals surface area contributed by atoms with Crippen LogP contribution in [0.25, 0.3) is 0 Å². The number of likely N-dealkylation sites (tertiary alicyclic amines) is 1. The topological polar surface area (TPSA) is 45.3 Å². The zero-order chi connectivity index (χ0) is 27.2. The van der Waals surface area contributed by atoms with Crippen molar-refractivity contribution in [2.24, 2.45) is 0 Å². The van der Waals surface area contributed by atoms with Crippen molar-refractivity contribution in [2.45, 2.75) is 65.1 Å². The highest BCUT2D eigenvalue weighted by Crippen LogP contribution is 2.49. The molecule has 0 saturated carbocycles. The van der Waals surface area contributed by atoms with Crippen LogP contribution in [0.1, 0.15) is 60.4 Å². The van der Waals surface area contributed by atoms with Gasteiger partial charge in [0.2, 0.25) is 0 Å². The Bertz CT molecular complexity index is 1270. The highest BCUT2D eigenvalue weighted by molar-refractivity contribution is 5.83. The van der Waals surface area contributed by atoms with Crippen LogP contribution >= 0.6 is 0 Å². The van der Waals surface area contributed by atoms with Crippen molar-refractivity contribution < 1.29 is 14.3 Å². The highest BCUT2D eigenvalue weighted by atomic mass is 16.5. The van der Waals surface area contributed by atoms with Crippen LogP contribution in [-0.2, 0) is 13.1 Å². The SMILES string of the molecule is C=C(C)CN1C(=O)N2Cc3cc(OC)cc(OC)c3C(C)C=C2C12CCN(Cc1cc(C)cc(C)c1)CC2. The molecule has 1 unspecified atom stereocenters. The third kappa shape index (κ3) is 4.60. The fraction of sp³-hybridized carbons (Fsp3) is 0.469. The molecule has 0 N–H and O–H groups in total. The van der Waals surface area contributed by atoms with E-state index >= 15 is 0 Å². The first-order chi connectivity index (χ1) is 18.1. The number of carbonyl (C=O) groups excluding carboxylic acids is 1. The van der Waals surface area contributed by atoms with Gasteiger partial charge in [-0.05, 0) is 50.8 Å². The number of hydrogen-bond acceptors (Lipinski definition) is 4. The molecule has 1 atom stereocenters. The molecule has 3 aliphatic heterocycles. The van der Waals surface area contributed by atoms with Gasteiger partial charge < -0.3 is 14.4 Å². The number of nitrogens with zero attached hydrogens (tertiary/aromatic N) is 3. The lowest BCUT2D eigenvalue weighted by atomic mass is 9.81. The van der Waals surface area contributed by atoms with Gasteiger partial charge >= 0.3 is 6.03 Å². The number of urea groups is 1. The number of carbonyl (C=O) groups is 1. The van der Waals surface area contributed by atoms with E-state index in [1.807, 2.05) is 17.9 Å². The zero-order valence-electron chi connectivity index (χ0n) is 23.8. The lowest BCUT2D eigenvalue weighted by molar-refractivity contribution is 0.0909. The first kappa shape index (κ1) is 26.4. The molecule has 2 aromatic rings. The number of ether oxygens (including phenoxy) is 2. The van der Waals surface area contributed by atoms with Crippen molar-refractivity contribution in [2.75, 3.05) is 33.9 Å². The largest absolute Gasteiger partial charge is 0.497 e. The van der Waals surface area contributed by atoms with Crippen LogP contribution in [0.3, 0.4) is 0 Å². The van der Waals surface area contributed by atoms with Crippen LogP contribution in [0, 0.1) is 13.8 Å². The molecule has 2 fully saturated rings. The van der Waals surface area contributed by atoms with Gasteiger partial charge in [0, 0.05) is 49.4 Å². The number of benzene rings is 2. The van der Waals surface area contributed by atoms with Gasteiger partial charge in [0.1, 0.15) is 11.5 Å². The molecule has 0 aliphatic carbocycles. The van der Waals surface area contributed by atoms with Gasteiger partial charge in [-0.15, -0.1) is 0 Å². The minimum atomic E-state index is -0.331. The Balaban J connectivity index is 1.49. The predicted octanol–water partition coefficient (Wildman–Crippen LogP) is 6.17. The minimum Gasteiger partial charge on any atom is -0.497 e. The Morgan fingerprint density at radius 3 is 2.34 bits per heavy atom. The highest BCUT2D eigenvalue weighted by Gasteiger charge is 2.55. The van der Waals surface area contributed by atoms with Crippen molar-refractivity contribution in [3.8, 4) is 11.5 Å². The summed E-state index contributed by atoms with van der Waals surface area (Å²) in [7, 11) is 3.37. The van der Waals surface area contributed by atoms with Crippen molar-refractivity contribution in [3.63, 3.8) is 0 Å². The molecule has 1 spiro atoms. The van der Waals surface area contributed by atoms with Gasteiger partial charge in [-0.3, -0.25) is 9.80 Å². The van der Waals surface area contributed by atoms with Crippen molar-refractivity contribution in [3.05, 3.63) is 82.1 Å². The first-order valence-electron chi connectivity index (χ1n) is 13.7. The molecule has 6 heteroatoms. The van der Waals surface area contributed by atoms with E-state index < -0.39 is 0 Å². The van der Waals surface area contributed by atoms with E-state index in [9.17, 15) is 4.79 Å². The monoisotopic (exact) mass is 515 g/mol. The molecule has 38 heavy (non-hydrogen) atoms. The van der Waals surface area contributed by atoms with Gasteiger partial charge in [0.15, 0.2) is 0 Å². The lowest BCUT2D eigenvalue weighted by Crippen LogP contribution is -2.54. The molecule has 3 aliphatic rings. The van der Waals surface area contributed by atoms with Gasteiger partial charge in [-0.1, -0.05) is 54.5 Å². The second-order valence-electron chi connectivity index (χ2n) is 11.5. The summed E-state index contributed by atoms with van der Waals surface area (Å²) in [6.45, 7) is 16.6. The van der Waals surface area contributed by atoms with Crippen LogP contribution in [0.5, 0.6) is 11.5 Å². The maximum absolute atomic E-state index is 14.1. The van der Waals surface area contributed by atoms with E-state index in [0.717, 1.165) is 66.4 Å². The Morgan fingerprint density at radius 1 is 1.05 bits per heavy atom. The Kier molecular flexibility index (Phi) is 7.03. The quantitative estimate of drug-likeness (QED) is 0.432. The second-order valence-corrected chi connectivity index (χ2v) is 11.5. The summed E-state index contributed by atoms with van der Waals surface area (Å²) in [6.07, 6.45) is 4.13. The summed E-state index contributed by atoms with van der Waals surface area (Å²) in [4.78, 5) is 20.7. The summed E-state index contributed by atoms with van der Waals surface area (Å²) >= 11 is 0. The number of fused-ring (bicyclic) bond motifs is 3. The number of methoxy groups -OCH3 is 2. The summed E-state index contributed by atoms with van der Waals surface area (Å²) in [5.41, 5.74) is 8.00. The van der Waals surface area contributed by atoms with Gasteiger partial charge in [0.05, 0.1) is 26.3 Å². The van der Waals surface area contributed by atoms with E-state index in [1.54, 1.807) is 14.2 Å². The molecule has 0 bridgehead atoms. The van der Waals surface area contributed by atoms with Crippen LogP contribution in [0.15, 0.2) is 54.3 Å². The van der Waals surface area contributed by atoms with Crippen molar-refractivity contribution >= 4 is 6.03 Å². The van der Waals surface area contributed by atoms with Crippen LogP contribution < -0.4 is 9.47 Å². The molecule has 3 heterocycles. The Morgan fingerprint density at radius 2 is 1.74 bits per heavy atom. The van der Waals surface area contributed by atoms with E-state index in [1.165, 1.54) is 16.7 Å². The summed E-state index contributed by atoms with van der Waals surface area (Å²) in [5.74, 6) is 1.66. The molecule has 2 aromatic carbocycles. The van der Waals surface area contributed by atoms with E-state index in [4.69, 9.17) is 9.47 Å². The standard InChI is InChI=1S/C32H41N3O3/c1-21(2)18-35-31(36)34-20-26-16-27(37-6)17-28(38-7)30(26)24(5)15-29(34)32(35)8-10-33(11-9-32)19-25-13-22(3)12-23(4)14-25/h12-17,24H,1,8-11,18-20H2,2-7H3. The van der Waals surface area contributed by atoms with E-state index in [2.05, 4.69) is 67.5 Å². The minimum absolute atomic E-state index is 0.0730. The molecule has 0 aromatic heterocycles. The fourth-order valence-electron chi connectivity index (χ4n) is 6.81. The third-order valence-electron chi connectivity index (χ3n) is 8.39. The zero-order valence-corrected chi connectivity index (χ0v) is 23.8. The number of amides is 2. The smallest absolute Gasteiger partial charge is 0.325 e. The Hall–Kier alpha value is -3.25. The second kappa shape index (κ2) is 10.1. The lowest BCUT2D eigenvalue weighted by Gasteiger charge is -2.45. The first-order valence-corrected chi connectivity index (χ1v) is 13.7. The van der Waals surface area contributed by atoms with Gasteiger partial charge in [-0.2, -0.15) is 0 Å². The molecule has 0 radical (unpaired) electrons. The number of aryl methyl sites for hydroxylation is 2. The number of hydrogen-bond donors (Lipinski definition) is 0. The molecular formula is C32H41N3O3. The fourth-order valence-corrected chi connectivity index (χ4v) is 6.81. The van der Waals surface area contributed by atoms with Gasteiger partial charge in [-0.25, -0.2) is 4.79 Å². The van der Waals surface area contributed by atoms with E-state index in [-0.39, 0.29) is 17.5 Å². The maximum Gasteiger partial charge on any atom is 0.325 e. The van der Waals surface area contributed by atoms with E-state index in [0.29, 0.717) is 13.1 Å². The number of rotatable bonds is 6. The van der Waals surface area contributed by atoms with Crippen molar-refractivity contribution in [1.82, 2.24) is 14.7 Å². The van der Waals surface area contributed by atoms with Gasteiger partial charge in [0.25, 0.3) is 0 Å². The summed E-state index contributed by atoms with van der Waals surface area (Å²) in [5, 5.41) is 0. The molecule has 2 amide bonds. The normalized spacial score (nSPS) is 20.6. The molecule has 6 nitrogen and oxygen atoms in total. The number of piperidine rings is 1. The summed E-state index contributed by atoms with van der Waals surface area (Å²) < 4.78 is 11.4. The maximum atomic E-state index is 14.1. The molecular weight excluding hydrogens is 474 g/mol. The Labute approximate surface area is 227 Å². The molecule has 202 valence electrons. The van der Waals surface area contributed by atoms with Crippen molar-refractivity contribution in [1.29, 1.82) is 0 Å².